The van der Waals surface area contributed by atoms with Crippen molar-refractivity contribution in [2.75, 3.05) is 5.73 Å². The van der Waals surface area contributed by atoms with Crippen molar-refractivity contribution in [3.63, 3.8) is 0 Å². The zero-order valence-corrected chi connectivity index (χ0v) is 13.7. The predicted molar refractivity (Wildman–Crippen MR) is 96.9 cm³/mol. The summed E-state index contributed by atoms with van der Waals surface area (Å²) < 4.78 is 0. The third-order valence-corrected chi connectivity index (χ3v) is 4.05. The van der Waals surface area contributed by atoms with Gasteiger partial charge >= 0.3 is 0 Å². The zero-order valence-electron chi connectivity index (χ0n) is 13.7. The number of hydrogen-bond donors (Lipinski definition) is 3. The van der Waals surface area contributed by atoms with Crippen LogP contribution >= 0.6 is 0 Å². The fourth-order valence-electron chi connectivity index (χ4n) is 2.83. The second kappa shape index (κ2) is 6.60. The first-order valence-corrected chi connectivity index (χ1v) is 7.84. The molecule has 3 rings (SSSR count). The molecule has 0 aliphatic heterocycles. The lowest BCUT2D eigenvalue weighted by atomic mass is 9.92. The molecule has 0 aliphatic carbocycles. The third-order valence-electron chi connectivity index (χ3n) is 4.05. The summed E-state index contributed by atoms with van der Waals surface area (Å²) in [6.07, 6.45) is 4.04. The van der Waals surface area contributed by atoms with Crippen molar-refractivity contribution >= 4 is 11.7 Å². The van der Waals surface area contributed by atoms with Crippen LogP contribution in [0.2, 0.25) is 0 Å². The van der Waals surface area contributed by atoms with Gasteiger partial charge in [0.25, 0.3) is 5.91 Å². The topological polar surface area (TPSA) is 115 Å². The van der Waals surface area contributed by atoms with Crippen LogP contribution in [-0.2, 0) is 6.42 Å². The Bertz CT molecular complexity index is 919. The number of aromatic nitrogens is 2. The molecule has 25 heavy (non-hydrogen) atoms. The number of anilines is 1. The number of phenolic OH excluding ortho intramolecular Hbond substituents is 1. The number of benzene rings is 1. The molecule has 0 spiro atoms. The highest BCUT2D eigenvalue weighted by molar-refractivity contribution is 5.91. The summed E-state index contributed by atoms with van der Waals surface area (Å²) in [5.74, 6) is 0.0474. The van der Waals surface area contributed by atoms with Gasteiger partial charge < -0.3 is 16.6 Å². The van der Waals surface area contributed by atoms with Gasteiger partial charge in [-0.15, -0.1) is 0 Å². The lowest BCUT2D eigenvalue weighted by Crippen LogP contribution is -2.12. The van der Waals surface area contributed by atoms with Gasteiger partial charge in [-0.25, -0.2) is 4.98 Å². The highest BCUT2D eigenvalue weighted by atomic mass is 16.3. The SMILES string of the molecule is CCc1c(-c2ccc(C(N)=O)nc2)cnc(N)c1-c1ccc(O)cc1. The van der Waals surface area contributed by atoms with Crippen LogP contribution in [0, 0.1) is 0 Å². The molecular formula is C19H18N4O2. The van der Waals surface area contributed by atoms with E-state index in [1.165, 1.54) is 0 Å². The molecule has 0 saturated heterocycles. The van der Waals surface area contributed by atoms with Crippen molar-refractivity contribution < 1.29 is 9.90 Å². The maximum atomic E-state index is 11.2. The molecule has 5 N–H and O–H groups in total. The van der Waals surface area contributed by atoms with E-state index in [1.807, 2.05) is 6.92 Å². The first-order valence-electron chi connectivity index (χ1n) is 7.84. The molecule has 0 radical (unpaired) electrons. The molecule has 1 amide bonds. The van der Waals surface area contributed by atoms with Crippen LogP contribution in [0.1, 0.15) is 23.0 Å². The van der Waals surface area contributed by atoms with E-state index in [1.54, 1.807) is 48.8 Å². The molecule has 2 aromatic heterocycles. The van der Waals surface area contributed by atoms with Gasteiger partial charge in [0, 0.05) is 29.1 Å². The highest BCUT2D eigenvalue weighted by Gasteiger charge is 2.15. The average molecular weight is 334 g/mol. The number of aromatic hydroxyl groups is 1. The maximum absolute atomic E-state index is 11.2. The average Bonchev–Trinajstić information content (AvgIpc) is 2.62. The van der Waals surface area contributed by atoms with Crippen LogP contribution < -0.4 is 11.5 Å². The Hall–Kier alpha value is -3.41. The summed E-state index contributed by atoms with van der Waals surface area (Å²) in [5.41, 5.74) is 16.0. The van der Waals surface area contributed by atoms with E-state index in [2.05, 4.69) is 9.97 Å². The van der Waals surface area contributed by atoms with E-state index in [9.17, 15) is 9.90 Å². The van der Waals surface area contributed by atoms with Gasteiger partial charge in [0.2, 0.25) is 0 Å². The molecule has 0 atom stereocenters. The highest BCUT2D eigenvalue weighted by Crippen LogP contribution is 2.36. The standard InChI is InChI=1S/C19H18N4O2/c1-2-14-15(12-5-8-16(19(21)25)22-9-12)10-23-18(20)17(14)11-3-6-13(24)7-4-11/h3-10,24H,2H2,1H3,(H2,20,23)(H2,21,25). The Morgan fingerprint density at radius 3 is 2.28 bits per heavy atom. The predicted octanol–water partition coefficient (Wildman–Crippen LogP) is 2.76. The van der Waals surface area contributed by atoms with Gasteiger partial charge in [0.05, 0.1) is 0 Å². The Morgan fingerprint density at radius 1 is 1.04 bits per heavy atom. The number of carbonyl (C=O) groups is 1. The lowest BCUT2D eigenvalue weighted by Gasteiger charge is -2.16. The Morgan fingerprint density at radius 2 is 1.72 bits per heavy atom. The van der Waals surface area contributed by atoms with E-state index in [0.717, 1.165) is 34.2 Å². The Labute approximate surface area is 145 Å². The smallest absolute Gasteiger partial charge is 0.267 e. The number of rotatable bonds is 4. The maximum Gasteiger partial charge on any atom is 0.267 e. The van der Waals surface area contributed by atoms with Gasteiger partial charge in [0.1, 0.15) is 17.3 Å². The number of primary amides is 1. The fourth-order valence-corrected chi connectivity index (χ4v) is 2.83. The van der Waals surface area contributed by atoms with Gasteiger partial charge in [-0.1, -0.05) is 25.1 Å². The summed E-state index contributed by atoms with van der Waals surface area (Å²) in [4.78, 5) is 19.6. The first-order chi connectivity index (χ1) is 12.0. The van der Waals surface area contributed by atoms with Crippen molar-refractivity contribution in [2.24, 2.45) is 5.73 Å². The quantitative estimate of drug-likeness (QED) is 0.678. The van der Waals surface area contributed by atoms with Crippen LogP contribution in [0.25, 0.3) is 22.3 Å². The number of pyridine rings is 2. The van der Waals surface area contributed by atoms with Gasteiger partial charge in [-0.3, -0.25) is 9.78 Å². The molecule has 0 aliphatic rings. The van der Waals surface area contributed by atoms with E-state index < -0.39 is 5.91 Å². The zero-order chi connectivity index (χ0) is 18.0. The molecule has 6 heteroatoms. The molecule has 0 fully saturated rings. The lowest BCUT2D eigenvalue weighted by molar-refractivity contribution is 0.0995. The Kier molecular flexibility index (Phi) is 4.35. The Balaban J connectivity index is 2.16. The van der Waals surface area contributed by atoms with Crippen LogP contribution in [0.15, 0.2) is 48.8 Å². The van der Waals surface area contributed by atoms with Crippen molar-refractivity contribution in [1.82, 2.24) is 9.97 Å². The molecule has 0 bridgehead atoms. The number of nitrogen functional groups attached to an aromatic ring is 1. The third kappa shape index (κ3) is 3.14. The number of amides is 1. The van der Waals surface area contributed by atoms with E-state index in [0.29, 0.717) is 5.82 Å². The number of carbonyl (C=O) groups excluding carboxylic acids is 1. The monoisotopic (exact) mass is 334 g/mol. The van der Waals surface area contributed by atoms with Crippen molar-refractivity contribution in [1.29, 1.82) is 0 Å². The minimum Gasteiger partial charge on any atom is -0.508 e. The molecule has 2 heterocycles. The molecule has 126 valence electrons. The van der Waals surface area contributed by atoms with Crippen LogP contribution in [0.3, 0.4) is 0 Å². The molecule has 1 aromatic carbocycles. The van der Waals surface area contributed by atoms with Gasteiger partial charge in [-0.2, -0.15) is 0 Å². The fraction of sp³-hybridized carbons (Fsp3) is 0.105. The molecule has 6 nitrogen and oxygen atoms in total. The van der Waals surface area contributed by atoms with Crippen LogP contribution in [0.4, 0.5) is 5.82 Å². The number of phenols is 1. The van der Waals surface area contributed by atoms with Crippen molar-refractivity contribution in [3.05, 3.63) is 60.0 Å². The number of nitrogens with two attached hydrogens (primary N) is 2. The molecule has 0 unspecified atom stereocenters. The van der Waals surface area contributed by atoms with Crippen molar-refractivity contribution in [2.45, 2.75) is 13.3 Å². The number of hydrogen-bond acceptors (Lipinski definition) is 5. The van der Waals surface area contributed by atoms with Crippen molar-refractivity contribution in [3.8, 4) is 28.0 Å². The summed E-state index contributed by atoms with van der Waals surface area (Å²) in [6.45, 7) is 2.04. The van der Waals surface area contributed by atoms with Gasteiger partial charge in [0.15, 0.2) is 0 Å². The summed E-state index contributed by atoms with van der Waals surface area (Å²) >= 11 is 0. The second-order valence-electron chi connectivity index (χ2n) is 5.61. The minimum absolute atomic E-state index is 0.190. The summed E-state index contributed by atoms with van der Waals surface area (Å²) in [6, 6.07) is 10.2. The molecule has 0 saturated carbocycles. The van der Waals surface area contributed by atoms with E-state index >= 15 is 0 Å². The van der Waals surface area contributed by atoms with Gasteiger partial charge in [-0.05, 0) is 35.7 Å². The normalized spacial score (nSPS) is 10.6. The van der Waals surface area contributed by atoms with E-state index in [-0.39, 0.29) is 11.4 Å². The van der Waals surface area contributed by atoms with Crippen LogP contribution in [-0.4, -0.2) is 21.0 Å². The molecule has 3 aromatic rings. The summed E-state index contributed by atoms with van der Waals surface area (Å²) in [5, 5.41) is 9.51. The second-order valence-corrected chi connectivity index (χ2v) is 5.61. The largest absolute Gasteiger partial charge is 0.508 e. The van der Waals surface area contributed by atoms with E-state index in [4.69, 9.17) is 11.5 Å². The number of nitrogens with zero attached hydrogens (tertiary/aromatic N) is 2. The minimum atomic E-state index is -0.567. The summed E-state index contributed by atoms with van der Waals surface area (Å²) in [7, 11) is 0. The molecular weight excluding hydrogens is 316 g/mol. The first kappa shape index (κ1) is 16.4. The van der Waals surface area contributed by atoms with Crippen LogP contribution in [0.5, 0.6) is 5.75 Å².